The molecule has 0 unspecified atom stereocenters. The molecule has 200 valence electrons. The summed E-state index contributed by atoms with van der Waals surface area (Å²) >= 11 is 0. The second-order valence-corrected chi connectivity index (χ2v) is 6.86. The van der Waals surface area contributed by atoms with Gasteiger partial charge in [-0.15, -0.1) is 0 Å². The molecule has 0 amide bonds. The number of benzene rings is 2. The van der Waals surface area contributed by atoms with Gasteiger partial charge < -0.3 is 40.9 Å². The van der Waals surface area contributed by atoms with Gasteiger partial charge in [0.1, 0.15) is 23.0 Å². The molecule has 0 saturated heterocycles. The fourth-order valence-corrected chi connectivity index (χ4v) is 2.14. The third-order valence-corrected chi connectivity index (χ3v) is 4.01. The molecule has 12 heteroatoms. The first-order valence-corrected chi connectivity index (χ1v) is 10.6. The minimum Gasteiger partial charge on any atom is -0.508 e. The van der Waals surface area contributed by atoms with Crippen LogP contribution in [0.3, 0.4) is 0 Å². The SMILES string of the molecule is CCC(=O)O.CCC(=O)O.O=C(O)CCc1c(O)ccc(O)c1CCC(=O)O.Oc1ccc(O)cc1. The molecule has 0 aliphatic heterocycles. The average Bonchev–Trinajstić information content (AvgIpc) is 2.81. The maximum absolute atomic E-state index is 10.5. The first-order valence-electron chi connectivity index (χ1n) is 10.6. The zero-order valence-electron chi connectivity index (χ0n) is 19.9. The van der Waals surface area contributed by atoms with Crippen molar-refractivity contribution in [1.29, 1.82) is 0 Å². The third-order valence-electron chi connectivity index (χ3n) is 4.01. The Kier molecular flexibility index (Phi) is 17.7. The van der Waals surface area contributed by atoms with Gasteiger partial charge in [0, 0.05) is 36.8 Å². The van der Waals surface area contributed by atoms with Gasteiger partial charge in [-0.25, -0.2) is 0 Å². The second-order valence-electron chi connectivity index (χ2n) is 6.86. The highest BCUT2D eigenvalue weighted by atomic mass is 16.4. The maximum Gasteiger partial charge on any atom is 0.303 e. The fourth-order valence-electron chi connectivity index (χ4n) is 2.14. The van der Waals surface area contributed by atoms with Gasteiger partial charge >= 0.3 is 23.9 Å². The van der Waals surface area contributed by atoms with Crippen LogP contribution in [0.1, 0.15) is 50.7 Å². The molecule has 0 fully saturated rings. The van der Waals surface area contributed by atoms with E-state index in [1.807, 2.05) is 0 Å². The van der Waals surface area contributed by atoms with Crippen LogP contribution in [-0.2, 0) is 32.0 Å². The van der Waals surface area contributed by atoms with Crippen LogP contribution in [0, 0.1) is 0 Å². The number of aromatic hydroxyl groups is 4. The Balaban J connectivity index is 0. The van der Waals surface area contributed by atoms with E-state index in [-0.39, 0.29) is 61.5 Å². The third kappa shape index (κ3) is 18.0. The quantitative estimate of drug-likeness (QED) is 0.238. The highest BCUT2D eigenvalue weighted by Gasteiger charge is 2.15. The molecule has 0 spiro atoms. The van der Waals surface area contributed by atoms with E-state index in [1.54, 1.807) is 13.8 Å². The normalized spacial score (nSPS) is 9.17. The van der Waals surface area contributed by atoms with Crippen LogP contribution in [0.5, 0.6) is 23.0 Å². The standard InChI is InChI=1S/C12H14O6.C6H6O2.2C3H6O2/c13-9-3-4-10(14)8(2-6-12(17)18)7(9)1-5-11(15)16;7-5-1-2-6(8)4-3-5;2*1-2-3(4)5/h3-4,13-14H,1-2,5-6H2,(H,15,16)(H,17,18);1-4,7-8H;2*2H2,1H3,(H,4,5). The van der Waals surface area contributed by atoms with Gasteiger partial charge in [0.05, 0.1) is 0 Å². The van der Waals surface area contributed by atoms with E-state index >= 15 is 0 Å². The van der Waals surface area contributed by atoms with Crippen molar-refractivity contribution in [2.24, 2.45) is 0 Å². The van der Waals surface area contributed by atoms with E-state index in [1.165, 1.54) is 36.4 Å². The largest absolute Gasteiger partial charge is 0.508 e. The predicted octanol–water partition coefficient (Wildman–Crippen LogP) is 3.19. The van der Waals surface area contributed by atoms with Crippen molar-refractivity contribution in [3.8, 4) is 23.0 Å². The van der Waals surface area contributed by atoms with Gasteiger partial charge in [-0.05, 0) is 49.2 Å². The lowest BCUT2D eigenvalue weighted by atomic mass is 9.97. The molecule has 2 aromatic carbocycles. The predicted molar refractivity (Wildman–Crippen MR) is 127 cm³/mol. The summed E-state index contributed by atoms with van der Waals surface area (Å²) in [6.07, 6.45) is 0.142. The molecule has 0 radical (unpaired) electrons. The first kappa shape index (κ1) is 33.7. The summed E-state index contributed by atoms with van der Waals surface area (Å²) in [6.45, 7) is 3.20. The van der Waals surface area contributed by atoms with Gasteiger partial charge in [-0.1, -0.05) is 13.8 Å². The lowest BCUT2D eigenvalue weighted by Crippen LogP contribution is -2.04. The summed E-state index contributed by atoms with van der Waals surface area (Å²) in [5.74, 6) is -3.46. The first-order chi connectivity index (χ1) is 16.7. The van der Waals surface area contributed by atoms with Crippen molar-refractivity contribution in [3.05, 3.63) is 47.5 Å². The number of carboxylic acids is 4. The molecule has 0 atom stereocenters. The zero-order valence-corrected chi connectivity index (χ0v) is 19.9. The molecule has 0 heterocycles. The number of aliphatic carboxylic acids is 4. The summed E-state index contributed by atoms with van der Waals surface area (Å²) in [6, 6.07) is 8.23. The Labute approximate surface area is 207 Å². The summed E-state index contributed by atoms with van der Waals surface area (Å²) in [5.41, 5.74) is 0.581. The van der Waals surface area contributed by atoms with Gasteiger partial charge in [0.25, 0.3) is 0 Å². The molecule has 36 heavy (non-hydrogen) atoms. The number of carboxylic acid groups (broad SMARTS) is 4. The zero-order chi connectivity index (χ0) is 28.3. The molecule has 0 saturated carbocycles. The fraction of sp³-hybridized carbons (Fsp3) is 0.333. The molecular weight excluding hydrogens is 480 g/mol. The van der Waals surface area contributed by atoms with E-state index in [9.17, 15) is 29.4 Å². The van der Waals surface area contributed by atoms with E-state index in [2.05, 4.69) is 0 Å². The Morgan fingerprint density at radius 1 is 0.528 bits per heavy atom. The van der Waals surface area contributed by atoms with Crippen molar-refractivity contribution in [2.45, 2.75) is 52.4 Å². The van der Waals surface area contributed by atoms with Crippen LogP contribution in [-0.4, -0.2) is 64.7 Å². The minimum atomic E-state index is -1.03. The molecule has 0 aliphatic rings. The van der Waals surface area contributed by atoms with Crippen LogP contribution in [0.2, 0.25) is 0 Å². The highest BCUT2D eigenvalue weighted by molar-refractivity contribution is 5.69. The molecular formula is C24H32O12. The Morgan fingerprint density at radius 3 is 0.972 bits per heavy atom. The monoisotopic (exact) mass is 512 g/mol. The molecule has 2 aromatic rings. The van der Waals surface area contributed by atoms with Gasteiger partial charge in [0.2, 0.25) is 0 Å². The van der Waals surface area contributed by atoms with Gasteiger partial charge in [-0.3, -0.25) is 19.2 Å². The van der Waals surface area contributed by atoms with Crippen molar-refractivity contribution in [2.75, 3.05) is 0 Å². The van der Waals surface area contributed by atoms with E-state index in [0.29, 0.717) is 11.1 Å². The maximum atomic E-state index is 10.5. The van der Waals surface area contributed by atoms with Gasteiger partial charge in [-0.2, -0.15) is 0 Å². The number of carbonyl (C=O) groups is 4. The van der Waals surface area contributed by atoms with Crippen molar-refractivity contribution in [1.82, 2.24) is 0 Å². The molecule has 0 aliphatic carbocycles. The molecule has 0 bridgehead atoms. The van der Waals surface area contributed by atoms with Crippen LogP contribution in [0.4, 0.5) is 0 Å². The second kappa shape index (κ2) is 18.9. The lowest BCUT2D eigenvalue weighted by Gasteiger charge is -2.12. The van der Waals surface area contributed by atoms with E-state index in [0.717, 1.165) is 0 Å². The molecule has 12 nitrogen and oxygen atoms in total. The number of phenols is 4. The Morgan fingerprint density at radius 2 is 0.778 bits per heavy atom. The molecule has 2 rings (SSSR count). The van der Waals surface area contributed by atoms with Crippen molar-refractivity contribution >= 4 is 23.9 Å². The Bertz CT molecular complexity index is 890. The summed E-state index contributed by atoms with van der Waals surface area (Å²) in [4.78, 5) is 39.8. The number of hydrogen-bond acceptors (Lipinski definition) is 8. The van der Waals surface area contributed by atoms with Crippen molar-refractivity contribution in [3.63, 3.8) is 0 Å². The number of phenolic OH excluding ortho intramolecular Hbond substituents is 4. The average molecular weight is 513 g/mol. The summed E-state index contributed by atoms with van der Waals surface area (Å²) in [5, 5.41) is 69.2. The Hall–Kier alpha value is -4.48. The van der Waals surface area contributed by atoms with E-state index < -0.39 is 23.9 Å². The van der Waals surface area contributed by atoms with E-state index in [4.69, 9.17) is 30.6 Å². The van der Waals surface area contributed by atoms with Crippen LogP contribution >= 0.6 is 0 Å². The van der Waals surface area contributed by atoms with Crippen molar-refractivity contribution < 1.29 is 60.0 Å². The summed E-state index contributed by atoms with van der Waals surface area (Å²) < 4.78 is 0. The lowest BCUT2D eigenvalue weighted by molar-refractivity contribution is -0.138. The van der Waals surface area contributed by atoms with Gasteiger partial charge in [0.15, 0.2) is 0 Å². The minimum absolute atomic E-state index is 0.0461. The highest BCUT2D eigenvalue weighted by Crippen LogP contribution is 2.31. The van der Waals surface area contributed by atoms with Crippen LogP contribution < -0.4 is 0 Å². The molecule has 8 N–H and O–H groups in total. The smallest absolute Gasteiger partial charge is 0.303 e. The number of hydrogen-bond donors (Lipinski definition) is 8. The molecule has 0 aromatic heterocycles. The topological polar surface area (TPSA) is 230 Å². The van der Waals surface area contributed by atoms with Crippen LogP contribution in [0.25, 0.3) is 0 Å². The van der Waals surface area contributed by atoms with Crippen LogP contribution in [0.15, 0.2) is 36.4 Å². The number of rotatable bonds is 8. The summed E-state index contributed by atoms with van der Waals surface area (Å²) in [7, 11) is 0.